The Hall–Kier alpha value is -1.59. The quantitative estimate of drug-likeness (QED) is 0.773. The number of alkyl halides is 3. The maximum absolute atomic E-state index is 12.4. The molecule has 2 N–H and O–H groups in total. The molecule has 1 aromatic rings. The Kier molecular flexibility index (Phi) is 2.81. The van der Waals surface area contributed by atoms with Crippen LogP contribution < -0.4 is 15.4 Å². The number of nitrogen functional groups attached to an aromatic ring is 1. The fraction of sp³-hybridized carbons (Fsp3) is 0.455. The minimum atomic E-state index is -4.23. The van der Waals surface area contributed by atoms with Gasteiger partial charge < -0.3 is 15.4 Å². The van der Waals surface area contributed by atoms with Crippen LogP contribution in [0.1, 0.15) is 6.92 Å². The van der Waals surface area contributed by atoms with E-state index in [1.807, 2.05) is 0 Å². The van der Waals surface area contributed by atoms with E-state index in [0.717, 1.165) is 0 Å². The molecular weight excluding hydrogens is 233 g/mol. The van der Waals surface area contributed by atoms with Gasteiger partial charge in [-0.2, -0.15) is 13.2 Å². The van der Waals surface area contributed by atoms with Crippen LogP contribution in [0.2, 0.25) is 0 Å². The van der Waals surface area contributed by atoms with E-state index >= 15 is 0 Å². The lowest BCUT2D eigenvalue weighted by Crippen LogP contribution is -2.43. The van der Waals surface area contributed by atoms with Gasteiger partial charge in [0.25, 0.3) is 0 Å². The molecule has 1 aliphatic heterocycles. The lowest BCUT2D eigenvalue weighted by atomic mass is 10.2. The van der Waals surface area contributed by atoms with E-state index in [1.165, 1.54) is 4.90 Å². The second-order valence-electron chi connectivity index (χ2n) is 4.15. The van der Waals surface area contributed by atoms with Gasteiger partial charge in [-0.3, -0.25) is 0 Å². The summed E-state index contributed by atoms with van der Waals surface area (Å²) in [6.07, 6.45) is -4.51. The third-order valence-corrected chi connectivity index (χ3v) is 2.50. The number of nitrogens with zero attached hydrogens (tertiary/aromatic N) is 1. The summed E-state index contributed by atoms with van der Waals surface area (Å²) >= 11 is 0. The first-order valence-corrected chi connectivity index (χ1v) is 5.23. The SMILES string of the molecule is CC1CN(CC(F)(F)F)c2ccc(N)cc2O1. The van der Waals surface area contributed by atoms with Crippen LogP contribution in [-0.2, 0) is 0 Å². The zero-order valence-electron chi connectivity index (χ0n) is 9.29. The zero-order chi connectivity index (χ0) is 12.6. The van der Waals surface area contributed by atoms with Gasteiger partial charge in [0.15, 0.2) is 0 Å². The summed E-state index contributed by atoms with van der Waals surface area (Å²) < 4.78 is 42.8. The predicted molar refractivity (Wildman–Crippen MR) is 59.2 cm³/mol. The number of benzene rings is 1. The van der Waals surface area contributed by atoms with Crippen molar-refractivity contribution in [3.05, 3.63) is 18.2 Å². The summed E-state index contributed by atoms with van der Waals surface area (Å²) in [5, 5.41) is 0. The molecule has 1 atom stereocenters. The molecule has 2 rings (SSSR count). The summed E-state index contributed by atoms with van der Waals surface area (Å²) in [6.45, 7) is 0.976. The minimum Gasteiger partial charge on any atom is -0.487 e. The van der Waals surface area contributed by atoms with Crippen molar-refractivity contribution in [1.82, 2.24) is 0 Å². The van der Waals surface area contributed by atoms with Gasteiger partial charge in [0.2, 0.25) is 0 Å². The van der Waals surface area contributed by atoms with Crippen LogP contribution in [0.5, 0.6) is 5.75 Å². The fourth-order valence-electron chi connectivity index (χ4n) is 1.92. The van der Waals surface area contributed by atoms with Crippen LogP contribution in [-0.4, -0.2) is 25.4 Å². The Bertz CT molecular complexity index is 420. The number of rotatable bonds is 1. The number of hydrogen-bond acceptors (Lipinski definition) is 3. The van der Waals surface area contributed by atoms with E-state index < -0.39 is 12.7 Å². The number of halogens is 3. The second-order valence-corrected chi connectivity index (χ2v) is 4.15. The Labute approximate surface area is 97.0 Å². The molecule has 1 heterocycles. The first-order chi connectivity index (χ1) is 7.85. The standard InChI is InChI=1S/C11H13F3N2O/c1-7-5-16(6-11(12,13)14)9-3-2-8(15)4-10(9)17-7/h2-4,7H,5-6,15H2,1H3. The molecule has 0 bridgehead atoms. The highest BCUT2D eigenvalue weighted by Gasteiger charge is 2.34. The van der Waals surface area contributed by atoms with E-state index in [-0.39, 0.29) is 12.6 Å². The predicted octanol–water partition coefficient (Wildman–Crippen LogP) is 2.42. The molecule has 0 saturated carbocycles. The normalized spacial score (nSPS) is 19.8. The van der Waals surface area contributed by atoms with Gasteiger partial charge >= 0.3 is 6.18 Å². The number of nitrogens with two attached hydrogens (primary N) is 1. The summed E-state index contributed by atoms with van der Waals surface area (Å²) in [7, 11) is 0. The van der Waals surface area contributed by atoms with Gasteiger partial charge in [0.1, 0.15) is 18.4 Å². The summed E-state index contributed by atoms with van der Waals surface area (Å²) in [4.78, 5) is 1.27. The lowest BCUT2D eigenvalue weighted by molar-refractivity contribution is -0.120. The maximum atomic E-state index is 12.4. The van der Waals surface area contributed by atoms with Gasteiger partial charge in [0.05, 0.1) is 12.2 Å². The van der Waals surface area contributed by atoms with Crippen LogP contribution >= 0.6 is 0 Å². The zero-order valence-corrected chi connectivity index (χ0v) is 9.29. The van der Waals surface area contributed by atoms with E-state index in [1.54, 1.807) is 25.1 Å². The van der Waals surface area contributed by atoms with E-state index in [2.05, 4.69) is 0 Å². The summed E-state index contributed by atoms with van der Waals surface area (Å²) in [5.41, 5.74) is 6.50. The summed E-state index contributed by atoms with van der Waals surface area (Å²) in [6, 6.07) is 4.68. The fourth-order valence-corrected chi connectivity index (χ4v) is 1.92. The van der Waals surface area contributed by atoms with Crippen molar-refractivity contribution in [3.8, 4) is 5.75 Å². The highest BCUT2D eigenvalue weighted by atomic mass is 19.4. The van der Waals surface area contributed by atoms with Crippen molar-refractivity contribution in [2.24, 2.45) is 0 Å². The van der Waals surface area contributed by atoms with Crippen LogP contribution in [0.3, 0.4) is 0 Å². The summed E-state index contributed by atoms with van der Waals surface area (Å²) in [5.74, 6) is 0.410. The van der Waals surface area contributed by atoms with Gasteiger partial charge in [-0.05, 0) is 19.1 Å². The molecule has 0 radical (unpaired) electrons. The number of ether oxygens (including phenoxy) is 1. The van der Waals surface area contributed by atoms with Gasteiger partial charge in [-0.15, -0.1) is 0 Å². The highest BCUT2D eigenvalue weighted by Crippen LogP contribution is 2.36. The first-order valence-electron chi connectivity index (χ1n) is 5.23. The van der Waals surface area contributed by atoms with Crippen molar-refractivity contribution < 1.29 is 17.9 Å². The van der Waals surface area contributed by atoms with Crippen molar-refractivity contribution >= 4 is 11.4 Å². The molecule has 17 heavy (non-hydrogen) atoms. The maximum Gasteiger partial charge on any atom is 0.405 e. The minimum absolute atomic E-state index is 0.219. The molecule has 0 spiro atoms. The third kappa shape index (κ3) is 2.75. The molecule has 0 saturated heterocycles. The smallest absolute Gasteiger partial charge is 0.405 e. The Balaban J connectivity index is 2.31. The van der Waals surface area contributed by atoms with Gasteiger partial charge in [-0.1, -0.05) is 0 Å². The highest BCUT2D eigenvalue weighted by molar-refractivity contribution is 5.65. The van der Waals surface area contributed by atoms with Crippen molar-refractivity contribution in [1.29, 1.82) is 0 Å². The topological polar surface area (TPSA) is 38.5 Å². The van der Waals surface area contributed by atoms with E-state index in [4.69, 9.17) is 10.5 Å². The Morgan fingerprint density at radius 3 is 2.82 bits per heavy atom. The average Bonchev–Trinajstić information content (AvgIpc) is 2.13. The third-order valence-electron chi connectivity index (χ3n) is 2.50. The second kappa shape index (κ2) is 4.01. The van der Waals surface area contributed by atoms with Crippen molar-refractivity contribution in [2.75, 3.05) is 23.7 Å². The Morgan fingerprint density at radius 1 is 1.47 bits per heavy atom. The molecule has 1 aliphatic rings. The first kappa shape index (κ1) is 11.9. The average molecular weight is 246 g/mol. The molecule has 1 unspecified atom stereocenters. The van der Waals surface area contributed by atoms with Crippen LogP contribution in [0.25, 0.3) is 0 Å². The van der Waals surface area contributed by atoms with Crippen LogP contribution in [0.4, 0.5) is 24.5 Å². The van der Waals surface area contributed by atoms with Crippen molar-refractivity contribution in [2.45, 2.75) is 19.2 Å². The molecule has 3 nitrogen and oxygen atoms in total. The van der Waals surface area contributed by atoms with Gasteiger partial charge in [0, 0.05) is 11.8 Å². The molecule has 1 aromatic carbocycles. The molecule has 0 aromatic heterocycles. The number of anilines is 2. The molecule has 0 fully saturated rings. The lowest BCUT2D eigenvalue weighted by Gasteiger charge is -2.35. The molecule has 94 valence electrons. The number of hydrogen-bond donors (Lipinski definition) is 1. The van der Waals surface area contributed by atoms with Crippen molar-refractivity contribution in [3.63, 3.8) is 0 Å². The van der Waals surface area contributed by atoms with Gasteiger partial charge in [-0.25, -0.2) is 0 Å². The molecular formula is C11H13F3N2O. The number of fused-ring (bicyclic) bond motifs is 1. The largest absolute Gasteiger partial charge is 0.487 e. The van der Waals surface area contributed by atoms with Crippen LogP contribution in [0.15, 0.2) is 18.2 Å². The van der Waals surface area contributed by atoms with E-state index in [9.17, 15) is 13.2 Å². The van der Waals surface area contributed by atoms with Crippen LogP contribution in [0, 0.1) is 0 Å². The monoisotopic (exact) mass is 246 g/mol. The molecule has 0 aliphatic carbocycles. The molecule has 0 amide bonds. The molecule has 6 heteroatoms. The van der Waals surface area contributed by atoms with E-state index in [0.29, 0.717) is 17.1 Å². The Morgan fingerprint density at radius 2 is 2.18 bits per heavy atom.